The van der Waals surface area contributed by atoms with Crippen LogP contribution >= 0.6 is 0 Å². The second-order valence-electron chi connectivity index (χ2n) is 10.7. The Hall–Kier alpha value is -2.62. The lowest BCUT2D eigenvalue weighted by Gasteiger charge is -2.33. The first kappa shape index (κ1) is 26.0. The van der Waals surface area contributed by atoms with E-state index >= 15 is 0 Å². The van der Waals surface area contributed by atoms with Crippen molar-refractivity contribution >= 4 is 26.6 Å². The molecule has 2 saturated heterocycles. The van der Waals surface area contributed by atoms with Gasteiger partial charge in [-0.2, -0.15) is 0 Å². The van der Waals surface area contributed by atoms with E-state index in [0.717, 1.165) is 49.4 Å². The number of hydrogen-bond donors (Lipinski definition) is 1. The summed E-state index contributed by atoms with van der Waals surface area (Å²) >= 11 is 0. The molecule has 0 spiro atoms. The zero-order chi connectivity index (χ0) is 26.2. The van der Waals surface area contributed by atoms with E-state index in [1.54, 1.807) is 6.07 Å². The SMILES string of the molecule is CC(C)CN1CCC(c2cn(C)c3ccc(NS(=O)(=O)c4ccc(F)c(O[C@@H]5CCOC5)c4)cc23)CC1. The fourth-order valence-electron chi connectivity index (χ4n) is 5.49. The largest absolute Gasteiger partial charge is 0.485 e. The van der Waals surface area contributed by atoms with Crippen molar-refractivity contribution in [3.8, 4) is 5.75 Å². The maximum Gasteiger partial charge on any atom is 0.262 e. The van der Waals surface area contributed by atoms with Crippen LogP contribution in [0.15, 0.2) is 47.5 Å². The van der Waals surface area contributed by atoms with E-state index in [2.05, 4.69) is 34.2 Å². The Morgan fingerprint density at radius 2 is 1.92 bits per heavy atom. The number of ether oxygens (including phenoxy) is 2. The molecule has 0 radical (unpaired) electrons. The van der Waals surface area contributed by atoms with Gasteiger partial charge in [0, 0.05) is 48.9 Å². The van der Waals surface area contributed by atoms with Gasteiger partial charge < -0.3 is 18.9 Å². The van der Waals surface area contributed by atoms with Crippen LogP contribution in [0.3, 0.4) is 0 Å². The molecule has 1 aromatic heterocycles. The van der Waals surface area contributed by atoms with Gasteiger partial charge in [0.15, 0.2) is 11.6 Å². The highest BCUT2D eigenvalue weighted by Gasteiger charge is 2.25. The van der Waals surface area contributed by atoms with Crippen LogP contribution in [0.4, 0.5) is 10.1 Å². The highest BCUT2D eigenvalue weighted by atomic mass is 32.2. The standard InChI is InChI=1S/C28H36FN3O4S/c1-19(2)16-32-11-8-20(9-12-32)25-17-31(3)27-7-4-21(14-24(25)27)30-37(33,34)23-5-6-26(29)28(15-23)36-22-10-13-35-18-22/h4-7,14-15,17,19-20,22,30H,8-13,16,18H2,1-3H3/t22-/m1/s1. The molecule has 0 aliphatic carbocycles. The highest BCUT2D eigenvalue weighted by Crippen LogP contribution is 2.36. The van der Waals surface area contributed by atoms with Crippen molar-refractivity contribution in [1.29, 1.82) is 0 Å². The molecule has 0 bridgehead atoms. The van der Waals surface area contributed by atoms with Gasteiger partial charge in [0.05, 0.1) is 18.1 Å². The predicted octanol–water partition coefficient (Wildman–Crippen LogP) is 5.12. The smallest absolute Gasteiger partial charge is 0.262 e. The Balaban J connectivity index is 1.36. The molecule has 0 unspecified atom stereocenters. The van der Waals surface area contributed by atoms with E-state index in [1.807, 2.05) is 19.2 Å². The second-order valence-corrected chi connectivity index (χ2v) is 12.4. The number of sulfonamides is 1. The highest BCUT2D eigenvalue weighted by molar-refractivity contribution is 7.92. The Bertz CT molecular complexity index is 1360. The zero-order valence-corrected chi connectivity index (χ0v) is 22.6. The molecule has 1 N–H and O–H groups in total. The van der Waals surface area contributed by atoms with Crippen LogP contribution in [0.1, 0.15) is 44.6 Å². The van der Waals surface area contributed by atoms with Crippen molar-refractivity contribution in [3.05, 3.63) is 54.0 Å². The number of hydrogen-bond acceptors (Lipinski definition) is 5. The van der Waals surface area contributed by atoms with Gasteiger partial charge in [0.2, 0.25) is 0 Å². The summed E-state index contributed by atoms with van der Waals surface area (Å²) in [6.45, 7) is 8.70. The number of fused-ring (bicyclic) bond motifs is 1. The third-order valence-corrected chi connectivity index (χ3v) is 8.70. The van der Waals surface area contributed by atoms with E-state index < -0.39 is 15.8 Å². The molecule has 7 nitrogen and oxygen atoms in total. The minimum absolute atomic E-state index is 0.0475. The Labute approximate surface area is 218 Å². The first-order chi connectivity index (χ1) is 17.7. The van der Waals surface area contributed by atoms with Crippen molar-refractivity contribution in [2.45, 2.75) is 50.0 Å². The number of piperidine rings is 1. The maximum atomic E-state index is 14.3. The van der Waals surface area contributed by atoms with E-state index in [-0.39, 0.29) is 16.7 Å². The van der Waals surface area contributed by atoms with Crippen molar-refractivity contribution in [3.63, 3.8) is 0 Å². The van der Waals surface area contributed by atoms with Gasteiger partial charge in [-0.05, 0) is 73.7 Å². The van der Waals surface area contributed by atoms with Gasteiger partial charge in [0.25, 0.3) is 10.0 Å². The molecular formula is C28H36FN3O4S. The lowest BCUT2D eigenvalue weighted by molar-refractivity contribution is 0.138. The van der Waals surface area contributed by atoms with Gasteiger partial charge >= 0.3 is 0 Å². The van der Waals surface area contributed by atoms with Gasteiger partial charge in [-0.15, -0.1) is 0 Å². The second kappa shape index (κ2) is 10.6. The van der Waals surface area contributed by atoms with Gasteiger partial charge in [-0.25, -0.2) is 12.8 Å². The summed E-state index contributed by atoms with van der Waals surface area (Å²) in [5, 5.41) is 1.06. The fourth-order valence-corrected chi connectivity index (χ4v) is 6.56. The summed E-state index contributed by atoms with van der Waals surface area (Å²) in [6, 6.07) is 9.26. The number of rotatable bonds is 8. The molecule has 2 fully saturated rings. The number of anilines is 1. The molecule has 0 amide bonds. The maximum absolute atomic E-state index is 14.3. The number of aromatic nitrogens is 1. The number of nitrogens with zero attached hydrogens (tertiary/aromatic N) is 2. The third-order valence-electron chi connectivity index (χ3n) is 7.32. The Morgan fingerprint density at radius 3 is 2.62 bits per heavy atom. The van der Waals surface area contributed by atoms with Crippen LogP contribution < -0.4 is 9.46 Å². The van der Waals surface area contributed by atoms with Crippen LogP contribution in [0.25, 0.3) is 10.9 Å². The minimum atomic E-state index is -3.95. The fraction of sp³-hybridized carbons (Fsp3) is 0.500. The third kappa shape index (κ3) is 5.78. The summed E-state index contributed by atoms with van der Waals surface area (Å²) in [7, 11) is -1.92. The van der Waals surface area contributed by atoms with E-state index in [0.29, 0.717) is 37.2 Å². The van der Waals surface area contributed by atoms with Crippen molar-refractivity contribution < 1.29 is 22.3 Å². The van der Waals surface area contributed by atoms with Crippen LogP contribution in [0, 0.1) is 11.7 Å². The molecule has 1 atom stereocenters. The van der Waals surface area contributed by atoms with Crippen molar-refractivity contribution in [2.75, 3.05) is 37.6 Å². The predicted molar refractivity (Wildman–Crippen MR) is 143 cm³/mol. The summed E-state index contributed by atoms with van der Waals surface area (Å²) in [5.41, 5.74) is 2.81. The van der Waals surface area contributed by atoms with Crippen molar-refractivity contribution in [1.82, 2.24) is 9.47 Å². The van der Waals surface area contributed by atoms with Crippen LogP contribution in [0.2, 0.25) is 0 Å². The Kier molecular flexibility index (Phi) is 7.47. The van der Waals surface area contributed by atoms with Gasteiger partial charge in [-0.1, -0.05) is 13.8 Å². The molecule has 2 aliphatic rings. The number of halogens is 1. The number of likely N-dealkylation sites (tertiary alicyclic amines) is 1. The molecule has 2 aromatic carbocycles. The average molecular weight is 530 g/mol. The molecule has 37 heavy (non-hydrogen) atoms. The first-order valence-corrected chi connectivity index (χ1v) is 14.6. The lowest BCUT2D eigenvalue weighted by Crippen LogP contribution is -2.35. The molecule has 3 aromatic rings. The van der Waals surface area contributed by atoms with E-state index in [1.165, 1.54) is 17.7 Å². The summed E-state index contributed by atoms with van der Waals surface area (Å²) < 4.78 is 56.5. The van der Waals surface area contributed by atoms with Crippen molar-refractivity contribution in [2.24, 2.45) is 13.0 Å². The topological polar surface area (TPSA) is 72.8 Å². The van der Waals surface area contributed by atoms with E-state index in [4.69, 9.17) is 9.47 Å². The molecule has 9 heteroatoms. The number of nitrogens with one attached hydrogen (secondary N) is 1. The average Bonchev–Trinajstić information content (AvgIpc) is 3.48. The summed E-state index contributed by atoms with van der Waals surface area (Å²) in [5.74, 6) is 0.420. The summed E-state index contributed by atoms with van der Waals surface area (Å²) in [6.07, 6.45) is 4.72. The molecule has 0 saturated carbocycles. The van der Waals surface area contributed by atoms with Gasteiger partial charge in [0.1, 0.15) is 6.10 Å². The zero-order valence-electron chi connectivity index (χ0n) is 21.7. The molecule has 2 aliphatic heterocycles. The van der Waals surface area contributed by atoms with Gasteiger partial charge in [-0.3, -0.25) is 4.72 Å². The molecule has 3 heterocycles. The number of aryl methyl sites for hydroxylation is 1. The monoisotopic (exact) mass is 529 g/mol. The van der Waals surface area contributed by atoms with Crippen LogP contribution in [0.5, 0.6) is 5.75 Å². The normalized spacial score (nSPS) is 19.6. The Morgan fingerprint density at radius 1 is 1.14 bits per heavy atom. The lowest BCUT2D eigenvalue weighted by atomic mass is 9.89. The molecule has 5 rings (SSSR count). The first-order valence-electron chi connectivity index (χ1n) is 13.1. The van der Waals surface area contributed by atoms with Crippen LogP contribution in [-0.2, 0) is 21.8 Å². The number of benzene rings is 2. The molecular weight excluding hydrogens is 493 g/mol. The quantitative estimate of drug-likeness (QED) is 0.439. The molecule has 200 valence electrons. The minimum Gasteiger partial charge on any atom is -0.485 e. The van der Waals surface area contributed by atoms with Crippen LogP contribution in [-0.4, -0.2) is 56.8 Å². The summed E-state index contributed by atoms with van der Waals surface area (Å²) in [4.78, 5) is 2.49. The van der Waals surface area contributed by atoms with E-state index in [9.17, 15) is 12.8 Å².